The van der Waals surface area contributed by atoms with Crippen LogP contribution in [0.1, 0.15) is 152 Å². The maximum Gasteiger partial charge on any atom is 0.156 e. The first-order valence-corrected chi connectivity index (χ1v) is 20.3. The normalized spacial score (nSPS) is 47.5. The fraction of sp³-hybridized carbons (Fsp3) is 0.822. The summed E-state index contributed by atoms with van der Waals surface area (Å²) in [4.78, 5) is 24.9. The van der Waals surface area contributed by atoms with Crippen molar-refractivity contribution in [3.05, 3.63) is 34.4 Å². The molecule has 5 fully saturated rings. The third kappa shape index (κ3) is 6.93. The van der Waals surface area contributed by atoms with Crippen LogP contribution in [0.5, 0.6) is 0 Å². The summed E-state index contributed by atoms with van der Waals surface area (Å²) in [7, 11) is 0. The number of hydrogen-bond donors (Lipinski definition) is 2. The van der Waals surface area contributed by atoms with Gasteiger partial charge in [-0.25, -0.2) is 0 Å². The van der Waals surface area contributed by atoms with Gasteiger partial charge in [0.2, 0.25) is 0 Å². The van der Waals surface area contributed by atoms with Crippen molar-refractivity contribution >= 4 is 11.6 Å². The van der Waals surface area contributed by atoms with Crippen LogP contribution in [-0.2, 0) is 9.59 Å². The molecule has 0 aliphatic heterocycles. The number of rotatable bonds is 2. The fourth-order valence-electron chi connectivity index (χ4n) is 15.6. The summed E-state index contributed by atoms with van der Waals surface area (Å²) in [6.07, 6.45) is 20.2. The monoisotopic (exact) mass is 1130 g/mol. The Bertz CT molecular complexity index is 1490. The second-order valence-corrected chi connectivity index (χ2v) is 20.5. The van der Waals surface area contributed by atoms with Crippen molar-refractivity contribution in [3.8, 4) is 0 Å². The number of carbonyl (C=O) groups is 2. The van der Waals surface area contributed by atoms with E-state index in [9.17, 15) is 19.8 Å². The Hall–Kier alpha value is 1.36. The van der Waals surface area contributed by atoms with Gasteiger partial charge < -0.3 is 10.2 Å². The minimum atomic E-state index is -0.130. The number of carbonyl (C=O) groups excluding carboxylic acids is 2. The maximum atomic E-state index is 12.6. The number of fused-ring (bicyclic) bond motifs is 10. The van der Waals surface area contributed by atoms with Crippen molar-refractivity contribution in [2.45, 2.75) is 164 Å². The van der Waals surface area contributed by atoms with E-state index in [1.54, 1.807) is 6.92 Å². The second kappa shape index (κ2) is 15.3. The molecule has 4 nitrogen and oxygen atoms in total. The van der Waals surface area contributed by atoms with Gasteiger partial charge in [-0.2, -0.15) is 0 Å². The van der Waals surface area contributed by atoms with Gasteiger partial charge in [0.25, 0.3) is 0 Å². The summed E-state index contributed by atoms with van der Waals surface area (Å²) in [6.45, 7) is 20.2. The first-order chi connectivity index (χ1) is 22.9. The first kappa shape index (κ1) is 43.5. The van der Waals surface area contributed by atoms with E-state index in [2.05, 4.69) is 60.6 Å². The Balaban J connectivity index is 0.000000190. The van der Waals surface area contributed by atoms with E-state index in [1.165, 1.54) is 48.8 Å². The first-order valence-electron chi connectivity index (χ1n) is 20.3. The van der Waals surface area contributed by atoms with Crippen LogP contribution in [0.4, 0.5) is 0 Å². The van der Waals surface area contributed by atoms with E-state index in [4.69, 9.17) is 0 Å². The molecule has 278 valence electrons. The molecule has 8 aliphatic carbocycles. The largest absolute Gasteiger partial charge is 0.393 e. The Kier molecular flexibility index (Phi) is 13.0. The second-order valence-electron chi connectivity index (χ2n) is 20.5. The average Bonchev–Trinajstić information content (AvgIpc) is 3.42. The number of aliphatic hydroxyl groups excluding tert-OH is 2. The van der Waals surface area contributed by atoms with Crippen molar-refractivity contribution in [3.63, 3.8) is 0 Å². The van der Waals surface area contributed by atoms with Crippen LogP contribution in [0.3, 0.4) is 0 Å². The van der Waals surface area contributed by atoms with E-state index in [1.807, 2.05) is 6.92 Å². The molecule has 8 aliphatic rings. The van der Waals surface area contributed by atoms with Crippen LogP contribution >= 0.6 is 0 Å². The van der Waals surface area contributed by atoms with Crippen LogP contribution in [0.2, 0.25) is 0 Å². The van der Waals surface area contributed by atoms with Crippen molar-refractivity contribution in [1.29, 1.82) is 0 Å². The van der Waals surface area contributed by atoms with Gasteiger partial charge in [-0.05, 0) is 179 Å². The number of allylic oxidation sites excluding steroid dienone is 4. The topological polar surface area (TPSA) is 74.6 Å². The van der Waals surface area contributed by atoms with Gasteiger partial charge in [-0.15, -0.1) is 0 Å². The summed E-state index contributed by atoms with van der Waals surface area (Å²) < 4.78 is 0. The minimum Gasteiger partial charge on any atom is -0.393 e. The van der Waals surface area contributed by atoms with Gasteiger partial charge >= 0.3 is 0 Å². The predicted octanol–water partition coefficient (Wildman–Crippen LogP) is 9.98. The molecule has 5 saturated carbocycles. The van der Waals surface area contributed by atoms with Crippen molar-refractivity contribution in [2.75, 3.05) is 0 Å². The SMILES string of the molecule is CC(=O)C1=C(C)CC2C3CC=C4CC(O)CC[C@]4(C)C3CC[C@]12C.CC(=O)[C@H]1C(C)(C)CC2C3CC=C4CC(O)CC[C@]4(C)C3CC[C@@]21C.[Ac].[Ac]. The fourth-order valence-corrected chi connectivity index (χ4v) is 15.6. The summed E-state index contributed by atoms with van der Waals surface area (Å²) in [5, 5.41) is 20.2. The molecule has 0 bridgehead atoms. The zero-order valence-corrected chi connectivity index (χ0v) is 43.1. The zero-order valence-electron chi connectivity index (χ0n) is 33.6. The van der Waals surface area contributed by atoms with E-state index in [0.29, 0.717) is 34.7 Å². The van der Waals surface area contributed by atoms with Crippen LogP contribution in [0.15, 0.2) is 34.4 Å². The molecule has 2 N–H and O–H groups in total. The van der Waals surface area contributed by atoms with E-state index in [0.717, 1.165) is 81.1 Å². The van der Waals surface area contributed by atoms with Gasteiger partial charge in [-0.1, -0.05) is 70.4 Å². The molecule has 51 heavy (non-hydrogen) atoms. The standard InChI is InChI=1S/C23H36O2.C22H32O2.2Ac/c1-14(24)20-21(2,3)13-19-17-7-6-15-12-16(25)8-10-22(15,4)18(17)9-11-23(19,20)5;1-13-11-19-17-6-5-15-12-16(24)7-9-21(15,3)18(17)8-10-22(19,4)20(13)14(2)23;;/h6,16-20,25H,7-13H2,1-5H3;5,16-19,24H,6-12H2,1-4H3;;/t16?,17?,18?,19?,20-,22-,23-;16?,17?,18?,19?,21-,22-;;/m00../s1. The van der Waals surface area contributed by atoms with Crippen LogP contribution < -0.4 is 0 Å². The number of Topliss-reactive ketones (excluding diaryl/α,β-unsaturated/α-hetero) is 2. The maximum absolute atomic E-state index is 12.6. The predicted molar refractivity (Wildman–Crippen MR) is 198 cm³/mol. The third-order valence-electron chi connectivity index (χ3n) is 17.5. The molecule has 8 rings (SSSR count). The van der Waals surface area contributed by atoms with E-state index >= 15 is 0 Å². The summed E-state index contributed by atoms with van der Waals surface area (Å²) in [6, 6.07) is 0. The number of aliphatic hydroxyl groups is 2. The minimum absolute atomic E-state index is 0. The third-order valence-corrected chi connectivity index (χ3v) is 17.5. The van der Waals surface area contributed by atoms with Crippen LogP contribution in [0, 0.1) is 157 Å². The van der Waals surface area contributed by atoms with Gasteiger partial charge in [0.05, 0.1) is 12.2 Å². The van der Waals surface area contributed by atoms with Crippen molar-refractivity contribution in [1.82, 2.24) is 0 Å². The van der Waals surface area contributed by atoms with Crippen molar-refractivity contribution < 1.29 is 108 Å². The summed E-state index contributed by atoms with van der Waals surface area (Å²) >= 11 is 0. The van der Waals surface area contributed by atoms with E-state index < -0.39 is 0 Å². The zero-order chi connectivity index (χ0) is 35.5. The van der Waals surface area contributed by atoms with Crippen LogP contribution in [0.25, 0.3) is 0 Å². The quantitative estimate of drug-likeness (QED) is 0.270. The Morgan fingerprint density at radius 1 is 0.647 bits per heavy atom. The number of hydrogen-bond acceptors (Lipinski definition) is 4. The molecule has 0 aromatic heterocycles. The smallest absolute Gasteiger partial charge is 0.156 e. The molecule has 0 saturated heterocycles. The molecule has 8 unspecified atom stereocenters. The molecule has 0 spiro atoms. The van der Waals surface area contributed by atoms with Gasteiger partial charge in [0.1, 0.15) is 5.78 Å². The molecule has 0 aromatic carbocycles. The number of ketones is 2. The van der Waals surface area contributed by atoms with E-state index in [-0.39, 0.29) is 128 Å². The molecule has 2 radical (unpaired) electrons. The van der Waals surface area contributed by atoms with Crippen molar-refractivity contribution in [2.24, 2.45) is 68.5 Å². The van der Waals surface area contributed by atoms with Gasteiger partial charge in [0, 0.05) is 94.0 Å². The molecule has 0 heterocycles. The van der Waals surface area contributed by atoms with Crippen LogP contribution in [-0.4, -0.2) is 34.0 Å². The summed E-state index contributed by atoms with van der Waals surface area (Å²) in [5.41, 5.74) is 6.59. The molecule has 13 atom stereocenters. The Morgan fingerprint density at radius 2 is 1.12 bits per heavy atom. The molecule has 6 heteroatoms. The molecule has 0 amide bonds. The molecular weight excluding hydrogens is 1060 g/mol. The van der Waals surface area contributed by atoms with Gasteiger partial charge in [-0.3, -0.25) is 9.59 Å². The molecule has 0 aromatic rings. The Labute approximate surface area is 382 Å². The van der Waals surface area contributed by atoms with Gasteiger partial charge in [0.15, 0.2) is 5.78 Å². The average molecular weight is 1130 g/mol. The molecular formula is C45H68Ac2O4. The summed E-state index contributed by atoms with van der Waals surface area (Å²) in [5.74, 6) is 5.17. The Morgan fingerprint density at radius 3 is 1.61 bits per heavy atom.